The van der Waals surface area contributed by atoms with Crippen LogP contribution in [-0.2, 0) is 0 Å². The number of benzene rings is 1. The largest absolute Gasteiger partial charge is 0.448 e. The third-order valence-electron chi connectivity index (χ3n) is 4.82. The molecular weight excluding hydrogens is 228 g/mol. The number of fused-ring (bicyclic) bond motifs is 1. The lowest BCUT2D eigenvalue weighted by Crippen LogP contribution is -2.61. The average molecular weight is 246 g/mol. The van der Waals surface area contributed by atoms with Crippen molar-refractivity contribution in [2.75, 3.05) is 0 Å². The van der Waals surface area contributed by atoms with Gasteiger partial charge in [-0.25, -0.2) is 0 Å². The van der Waals surface area contributed by atoms with E-state index in [2.05, 4.69) is 0 Å². The predicted octanol–water partition coefficient (Wildman–Crippen LogP) is 2.73. The zero-order chi connectivity index (χ0) is 12.2. The van der Waals surface area contributed by atoms with Crippen molar-refractivity contribution in [3.8, 4) is 11.5 Å². The Morgan fingerprint density at radius 2 is 1.72 bits per heavy atom. The van der Waals surface area contributed by atoms with Crippen LogP contribution in [0.15, 0.2) is 24.3 Å². The highest BCUT2D eigenvalue weighted by atomic mass is 16.7. The summed E-state index contributed by atoms with van der Waals surface area (Å²) in [5.74, 6) is 1.64. The molecular formula is C15H18O3. The Bertz CT molecular complexity index is 446. The van der Waals surface area contributed by atoms with Crippen molar-refractivity contribution < 1.29 is 14.6 Å². The Kier molecular flexibility index (Phi) is 2.16. The van der Waals surface area contributed by atoms with E-state index >= 15 is 0 Å². The minimum Gasteiger partial charge on any atom is -0.448 e. The minimum atomic E-state index is -0.584. The van der Waals surface area contributed by atoms with Crippen molar-refractivity contribution in [1.29, 1.82) is 0 Å². The summed E-state index contributed by atoms with van der Waals surface area (Å²) >= 11 is 0. The molecule has 3 atom stereocenters. The van der Waals surface area contributed by atoms with Crippen LogP contribution >= 0.6 is 0 Å². The second kappa shape index (κ2) is 3.64. The number of para-hydroxylation sites is 2. The molecule has 2 aliphatic carbocycles. The normalized spacial score (nSPS) is 35.7. The summed E-state index contributed by atoms with van der Waals surface area (Å²) in [6.45, 7) is 0. The van der Waals surface area contributed by atoms with Crippen molar-refractivity contribution in [3.63, 3.8) is 0 Å². The number of hydrogen-bond donors (Lipinski definition) is 1. The predicted molar refractivity (Wildman–Crippen MR) is 66.5 cm³/mol. The first-order valence-electron chi connectivity index (χ1n) is 6.95. The quantitative estimate of drug-likeness (QED) is 0.765. The molecule has 4 rings (SSSR count). The third kappa shape index (κ3) is 1.28. The van der Waals surface area contributed by atoms with Gasteiger partial charge in [0.25, 0.3) is 5.79 Å². The van der Waals surface area contributed by atoms with Gasteiger partial charge in [-0.2, -0.15) is 0 Å². The van der Waals surface area contributed by atoms with E-state index in [1.807, 2.05) is 24.3 Å². The number of aliphatic hydroxyl groups excluding tert-OH is 1. The van der Waals surface area contributed by atoms with Crippen LogP contribution in [0.25, 0.3) is 0 Å². The molecule has 1 aromatic rings. The van der Waals surface area contributed by atoms with Crippen molar-refractivity contribution in [2.24, 2.45) is 11.8 Å². The Hall–Kier alpha value is -1.22. The van der Waals surface area contributed by atoms with E-state index in [4.69, 9.17) is 9.47 Å². The van der Waals surface area contributed by atoms with Gasteiger partial charge in [0.1, 0.15) is 0 Å². The van der Waals surface area contributed by atoms with Crippen LogP contribution in [0, 0.1) is 11.8 Å². The molecule has 2 bridgehead atoms. The number of ether oxygens (including phenoxy) is 2. The zero-order valence-corrected chi connectivity index (χ0v) is 10.3. The van der Waals surface area contributed by atoms with Gasteiger partial charge in [0.2, 0.25) is 0 Å². The molecule has 3 heteroatoms. The third-order valence-corrected chi connectivity index (χ3v) is 4.82. The Balaban J connectivity index is 1.76. The molecule has 0 radical (unpaired) electrons. The van der Waals surface area contributed by atoms with Gasteiger partial charge in [0, 0.05) is 5.92 Å². The smallest absolute Gasteiger partial charge is 0.259 e. The molecule has 0 amide bonds. The second-order valence-electron chi connectivity index (χ2n) is 5.75. The monoisotopic (exact) mass is 246 g/mol. The molecule has 3 nitrogen and oxygen atoms in total. The molecule has 3 aliphatic rings. The van der Waals surface area contributed by atoms with Crippen LogP contribution in [0.3, 0.4) is 0 Å². The summed E-state index contributed by atoms with van der Waals surface area (Å²) in [4.78, 5) is 0. The zero-order valence-electron chi connectivity index (χ0n) is 10.3. The van der Waals surface area contributed by atoms with Gasteiger partial charge in [0.05, 0.1) is 12.0 Å². The standard InChI is InChI=1S/C15H18O3/c16-12-9-8-10-4-3-5-11(12)15(10)17-13-6-1-2-7-14(13)18-15/h1-2,6-7,10-12,16H,3-5,8-9H2/t10-,11+,12-/m1/s1. The Morgan fingerprint density at radius 3 is 2.44 bits per heavy atom. The van der Waals surface area contributed by atoms with Gasteiger partial charge in [0.15, 0.2) is 11.5 Å². The van der Waals surface area contributed by atoms with Crippen LogP contribution < -0.4 is 9.47 Å². The van der Waals surface area contributed by atoms with Gasteiger partial charge in [-0.05, 0) is 37.8 Å². The topological polar surface area (TPSA) is 38.7 Å². The van der Waals surface area contributed by atoms with E-state index in [0.717, 1.165) is 37.2 Å². The molecule has 1 N–H and O–H groups in total. The summed E-state index contributed by atoms with van der Waals surface area (Å²) in [6, 6.07) is 7.86. The Labute approximate surface area is 107 Å². The highest BCUT2D eigenvalue weighted by Crippen LogP contribution is 2.55. The highest BCUT2D eigenvalue weighted by Gasteiger charge is 2.60. The fraction of sp³-hybridized carbons (Fsp3) is 0.600. The summed E-state index contributed by atoms with van der Waals surface area (Å²) in [7, 11) is 0. The molecule has 2 fully saturated rings. The van der Waals surface area contributed by atoms with Crippen LogP contribution in [0.1, 0.15) is 32.1 Å². The fourth-order valence-corrected chi connectivity index (χ4v) is 3.97. The summed E-state index contributed by atoms with van der Waals surface area (Å²) in [5, 5.41) is 10.3. The van der Waals surface area contributed by atoms with Crippen LogP contribution in [-0.4, -0.2) is 17.0 Å². The molecule has 1 aromatic carbocycles. The van der Waals surface area contributed by atoms with Gasteiger partial charge >= 0.3 is 0 Å². The van der Waals surface area contributed by atoms with E-state index < -0.39 is 5.79 Å². The lowest BCUT2D eigenvalue weighted by Gasteiger charge is -2.50. The molecule has 0 aromatic heterocycles. The van der Waals surface area contributed by atoms with Crippen molar-refractivity contribution in [3.05, 3.63) is 24.3 Å². The first-order chi connectivity index (χ1) is 8.79. The SMILES string of the molecule is O[C@@H]1CC[C@H]2CCC[C@@H]1C21Oc2ccccc2O1. The molecule has 1 heterocycles. The van der Waals surface area contributed by atoms with Crippen LogP contribution in [0.5, 0.6) is 11.5 Å². The molecule has 1 aliphatic heterocycles. The maximum atomic E-state index is 10.3. The van der Waals surface area contributed by atoms with Gasteiger partial charge in [-0.3, -0.25) is 0 Å². The highest BCUT2D eigenvalue weighted by molar-refractivity contribution is 5.43. The fourth-order valence-electron chi connectivity index (χ4n) is 3.97. The van der Waals surface area contributed by atoms with Crippen LogP contribution in [0.4, 0.5) is 0 Å². The van der Waals surface area contributed by atoms with E-state index in [0.29, 0.717) is 5.92 Å². The minimum absolute atomic E-state index is 0.123. The molecule has 0 unspecified atom stereocenters. The molecule has 96 valence electrons. The second-order valence-corrected chi connectivity index (χ2v) is 5.75. The van der Waals surface area contributed by atoms with E-state index in [1.54, 1.807) is 0 Å². The van der Waals surface area contributed by atoms with Crippen molar-refractivity contribution in [2.45, 2.75) is 44.0 Å². The number of rotatable bonds is 0. The van der Waals surface area contributed by atoms with Crippen molar-refractivity contribution >= 4 is 0 Å². The number of aliphatic hydroxyl groups is 1. The summed E-state index contributed by atoms with van der Waals surface area (Å²) in [5.41, 5.74) is 0. The van der Waals surface area contributed by atoms with E-state index in [9.17, 15) is 5.11 Å². The lowest BCUT2D eigenvalue weighted by molar-refractivity contribution is -0.232. The maximum Gasteiger partial charge on any atom is 0.259 e. The molecule has 1 spiro atoms. The average Bonchev–Trinajstić information content (AvgIpc) is 2.73. The molecule has 18 heavy (non-hydrogen) atoms. The molecule has 2 saturated carbocycles. The first kappa shape index (κ1) is 10.7. The van der Waals surface area contributed by atoms with Gasteiger partial charge < -0.3 is 14.6 Å². The van der Waals surface area contributed by atoms with E-state index in [1.165, 1.54) is 6.42 Å². The van der Waals surface area contributed by atoms with E-state index in [-0.39, 0.29) is 12.0 Å². The number of hydrogen-bond acceptors (Lipinski definition) is 3. The summed E-state index contributed by atoms with van der Waals surface area (Å²) in [6.07, 6.45) is 4.95. The summed E-state index contributed by atoms with van der Waals surface area (Å²) < 4.78 is 12.4. The first-order valence-corrected chi connectivity index (χ1v) is 6.95. The van der Waals surface area contributed by atoms with Crippen molar-refractivity contribution in [1.82, 2.24) is 0 Å². The Morgan fingerprint density at radius 1 is 1.00 bits per heavy atom. The van der Waals surface area contributed by atoms with Crippen LogP contribution in [0.2, 0.25) is 0 Å². The van der Waals surface area contributed by atoms with Gasteiger partial charge in [-0.1, -0.05) is 18.6 Å². The lowest BCUT2D eigenvalue weighted by atomic mass is 9.66. The molecule has 0 saturated heterocycles. The maximum absolute atomic E-state index is 10.3. The van der Waals surface area contributed by atoms with Gasteiger partial charge in [-0.15, -0.1) is 0 Å².